The first-order chi connectivity index (χ1) is 11.0. The smallest absolute Gasteiger partial charge is 0.116 e. The summed E-state index contributed by atoms with van der Waals surface area (Å²) in [7, 11) is 0. The van der Waals surface area contributed by atoms with Gasteiger partial charge in [0.15, 0.2) is 0 Å². The molecular weight excluding hydrogens is 280 g/mol. The van der Waals surface area contributed by atoms with Crippen molar-refractivity contribution in [1.82, 2.24) is 9.97 Å². The van der Waals surface area contributed by atoms with Gasteiger partial charge in [0, 0.05) is 16.7 Å². The maximum Gasteiger partial charge on any atom is 0.116 e. The quantitative estimate of drug-likeness (QED) is 0.748. The third-order valence-corrected chi connectivity index (χ3v) is 5.78. The third kappa shape index (κ3) is 2.80. The monoisotopic (exact) mass is 306 g/mol. The number of hydrogen-bond acceptors (Lipinski definition) is 2. The Hall–Kier alpha value is -1.70. The van der Waals surface area contributed by atoms with Gasteiger partial charge in [-0.05, 0) is 54.7 Å². The van der Waals surface area contributed by atoms with Gasteiger partial charge in [-0.3, -0.25) is 0 Å². The zero-order valence-corrected chi connectivity index (χ0v) is 14.4. The summed E-state index contributed by atoms with van der Waals surface area (Å²) < 4.78 is 0. The Balaban J connectivity index is 1.67. The second-order valence-corrected chi connectivity index (χ2v) is 8.45. The largest absolute Gasteiger partial charge is 0.241 e. The van der Waals surface area contributed by atoms with Crippen LogP contribution in [0.3, 0.4) is 0 Å². The SMILES string of the molecule is CC(C)(C)c1cc(-c2cccc(C3CC4CCC3C4)c2)ncn1. The summed E-state index contributed by atoms with van der Waals surface area (Å²) >= 11 is 0. The summed E-state index contributed by atoms with van der Waals surface area (Å²) in [4.78, 5) is 8.98. The highest BCUT2D eigenvalue weighted by Crippen LogP contribution is 2.53. The van der Waals surface area contributed by atoms with Crippen LogP contribution < -0.4 is 0 Å². The molecule has 0 amide bonds. The number of aromatic nitrogens is 2. The van der Waals surface area contributed by atoms with Crippen molar-refractivity contribution >= 4 is 0 Å². The molecule has 3 unspecified atom stereocenters. The molecule has 0 spiro atoms. The van der Waals surface area contributed by atoms with Crippen molar-refractivity contribution in [3.63, 3.8) is 0 Å². The van der Waals surface area contributed by atoms with Crippen LogP contribution in [0.15, 0.2) is 36.7 Å². The predicted octanol–water partition coefficient (Wildman–Crippen LogP) is 5.34. The van der Waals surface area contributed by atoms with Crippen molar-refractivity contribution < 1.29 is 0 Å². The second kappa shape index (κ2) is 5.43. The van der Waals surface area contributed by atoms with Gasteiger partial charge in [-0.25, -0.2) is 9.97 Å². The van der Waals surface area contributed by atoms with Gasteiger partial charge >= 0.3 is 0 Å². The Morgan fingerprint density at radius 3 is 2.57 bits per heavy atom. The molecule has 0 saturated heterocycles. The molecule has 2 saturated carbocycles. The molecule has 2 nitrogen and oxygen atoms in total. The second-order valence-electron chi connectivity index (χ2n) is 8.45. The predicted molar refractivity (Wildman–Crippen MR) is 94.4 cm³/mol. The molecule has 2 aliphatic carbocycles. The standard InChI is InChI=1S/C21H26N2/c1-21(2,3)20-12-19(22-13-23-20)17-6-4-5-15(11-17)18-10-14-7-8-16(18)9-14/h4-6,11-14,16,18H,7-10H2,1-3H3. The summed E-state index contributed by atoms with van der Waals surface area (Å²) in [6, 6.07) is 11.2. The summed E-state index contributed by atoms with van der Waals surface area (Å²) in [5.74, 6) is 2.68. The molecule has 2 fully saturated rings. The average Bonchev–Trinajstić information content (AvgIpc) is 3.17. The van der Waals surface area contributed by atoms with E-state index in [2.05, 4.69) is 61.1 Å². The van der Waals surface area contributed by atoms with Crippen LogP contribution in [0.1, 0.15) is 63.6 Å². The topological polar surface area (TPSA) is 25.8 Å². The van der Waals surface area contributed by atoms with Crippen molar-refractivity contribution in [1.29, 1.82) is 0 Å². The molecule has 2 aliphatic rings. The number of fused-ring (bicyclic) bond motifs is 2. The van der Waals surface area contributed by atoms with E-state index in [0.29, 0.717) is 0 Å². The summed E-state index contributed by atoms with van der Waals surface area (Å²) in [5, 5.41) is 0. The maximum absolute atomic E-state index is 4.53. The fraction of sp³-hybridized carbons (Fsp3) is 0.524. The maximum atomic E-state index is 4.53. The van der Waals surface area contributed by atoms with E-state index in [-0.39, 0.29) is 5.41 Å². The Morgan fingerprint density at radius 2 is 1.87 bits per heavy atom. The van der Waals surface area contributed by atoms with Gasteiger partial charge in [-0.1, -0.05) is 45.4 Å². The zero-order valence-electron chi connectivity index (χ0n) is 14.4. The lowest BCUT2D eigenvalue weighted by molar-refractivity contribution is 0.420. The number of benzene rings is 1. The molecule has 1 heterocycles. The van der Waals surface area contributed by atoms with E-state index in [0.717, 1.165) is 29.1 Å². The van der Waals surface area contributed by atoms with Gasteiger partial charge in [0.1, 0.15) is 6.33 Å². The normalized spacial score (nSPS) is 26.7. The van der Waals surface area contributed by atoms with Gasteiger partial charge in [-0.2, -0.15) is 0 Å². The number of nitrogens with zero attached hydrogens (tertiary/aromatic N) is 2. The van der Waals surface area contributed by atoms with E-state index in [1.165, 1.54) is 36.8 Å². The molecule has 3 atom stereocenters. The molecule has 23 heavy (non-hydrogen) atoms. The number of hydrogen-bond donors (Lipinski definition) is 0. The highest BCUT2D eigenvalue weighted by Gasteiger charge is 2.40. The minimum absolute atomic E-state index is 0.0555. The summed E-state index contributed by atoms with van der Waals surface area (Å²) in [5.41, 5.74) is 4.96. The molecule has 2 heteroatoms. The van der Waals surface area contributed by atoms with E-state index in [9.17, 15) is 0 Å². The van der Waals surface area contributed by atoms with Crippen LogP contribution >= 0.6 is 0 Å². The van der Waals surface area contributed by atoms with Crippen LogP contribution in [0.2, 0.25) is 0 Å². The van der Waals surface area contributed by atoms with E-state index < -0.39 is 0 Å². The molecule has 2 bridgehead atoms. The first kappa shape index (κ1) is 14.9. The molecule has 1 aromatic heterocycles. The van der Waals surface area contributed by atoms with E-state index >= 15 is 0 Å². The molecule has 4 rings (SSSR count). The fourth-order valence-corrected chi connectivity index (χ4v) is 4.51. The minimum Gasteiger partial charge on any atom is -0.241 e. The van der Waals surface area contributed by atoms with E-state index in [1.54, 1.807) is 6.33 Å². The van der Waals surface area contributed by atoms with Crippen molar-refractivity contribution in [3.05, 3.63) is 47.9 Å². The van der Waals surface area contributed by atoms with Gasteiger partial charge in [-0.15, -0.1) is 0 Å². The van der Waals surface area contributed by atoms with Crippen molar-refractivity contribution in [3.8, 4) is 11.3 Å². The van der Waals surface area contributed by atoms with Crippen molar-refractivity contribution in [2.75, 3.05) is 0 Å². The van der Waals surface area contributed by atoms with Crippen LogP contribution in [0.5, 0.6) is 0 Å². The van der Waals surface area contributed by atoms with E-state index in [4.69, 9.17) is 0 Å². The van der Waals surface area contributed by atoms with Crippen LogP contribution in [-0.4, -0.2) is 9.97 Å². The van der Waals surface area contributed by atoms with Crippen LogP contribution in [0.25, 0.3) is 11.3 Å². The van der Waals surface area contributed by atoms with E-state index in [1.807, 2.05) is 0 Å². The van der Waals surface area contributed by atoms with Gasteiger partial charge in [0.05, 0.1) is 5.69 Å². The molecular formula is C21H26N2. The summed E-state index contributed by atoms with van der Waals surface area (Å²) in [6.45, 7) is 6.60. The molecule has 0 radical (unpaired) electrons. The van der Waals surface area contributed by atoms with Crippen molar-refractivity contribution in [2.45, 2.75) is 57.8 Å². The lowest BCUT2D eigenvalue weighted by atomic mass is 9.83. The Labute approximate surface area is 139 Å². The molecule has 120 valence electrons. The fourth-order valence-electron chi connectivity index (χ4n) is 4.51. The van der Waals surface area contributed by atoms with Gasteiger partial charge in [0.25, 0.3) is 0 Å². The first-order valence-electron chi connectivity index (χ1n) is 8.93. The highest BCUT2D eigenvalue weighted by molar-refractivity contribution is 5.60. The molecule has 2 aromatic rings. The molecule has 1 aromatic carbocycles. The first-order valence-corrected chi connectivity index (χ1v) is 8.93. The zero-order chi connectivity index (χ0) is 16.0. The number of rotatable bonds is 2. The minimum atomic E-state index is 0.0555. The van der Waals surface area contributed by atoms with Crippen LogP contribution in [0, 0.1) is 11.8 Å². The Kier molecular flexibility index (Phi) is 3.51. The molecule has 0 aliphatic heterocycles. The van der Waals surface area contributed by atoms with Crippen LogP contribution in [-0.2, 0) is 5.41 Å². The lowest BCUT2D eigenvalue weighted by Gasteiger charge is -2.22. The third-order valence-electron chi connectivity index (χ3n) is 5.78. The van der Waals surface area contributed by atoms with Crippen LogP contribution in [0.4, 0.5) is 0 Å². The summed E-state index contributed by atoms with van der Waals surface area (Å²) in [6.07, 6.45) is 7.45. The highest BCUT2D eigenvalue weighted by atomic mass is 14.8. The Bertz CT molecular complexity index is 714. The van der Waals surface area contributed by atoms with Crippen molar-refractivity contribution in [2.24, 2.45) is 11.8 Å². The van der Waals surface area contributed by atoms with Gasteiger partial charge < -0.3 is 0 Å². The molecule has 0 N–H and O–H groups in total. The Morgan fingerprint density at radius 1 is 1.00 bits per heavy atom. The lowest BCUT2D eigenvalue weighted by Crippen LogP contribution is -2.13. The average molecular weight is 306 g/mol. The van der Waals surface area contributed by atoms with Gasteiger partial charge in [0.2, 0.25) is 0 Å².